The zero-order valence-electron chi connectivity index (χ0n) is 7.95. The number of carbonyl (C=O) groups is 1. The highest BCUT2D eigenvalue weighted by Gasteiger charge is 2.17. The van der Waals surface area contributed by atoms with Crippen molar-refractivity contribution >= 4 is 5.91 Å². The molecule has 13 heavy (non-hydrogen) atoms. The molecule has 1 amide bonds. The number of allylic oxidation sites excluding steroid dienone is 1. The molecule has 1 saturated heterocycles. The van der Waals surface area contributed by atoms with Crippen LogP contribution >= 0.6 is 0 Å². The Balaban J connectivity index is 2.59. The molecule has 0 N–H and O–H groups in total. The largest absolute Gasteiger partial charge is 0.378 e. The van der Waals surface area contributed by atoms with Crippen molar-refractivity contribution in [3.63, 3.8) is 0 Å². The molecule has 0 bridgehead atoms. The van der Waals surface area contributed by atoms with E-state index in [0.29, 0.717) is 31.9 Å². The molecule has 0 aromatic heterocycles. The van der Waals surface area contributed by atoms with E-state index in [0.717, 1.165) is 0 Å². The summed E-state index contributed by atoms with van der Waals surface area (Å²) >= 11 is 0. The summed E-state index contributed by atoms with van der Waals surface area (Å²) < 4.78 is 5.16. The molecule has 1 aliphatic rings. The Labute approximate surface area is 78.7 Å². The van der Waals surface area contributed by atoms with Gasteiger partial charge in [-0.1, -0.05) is 18.7 Å². The van der Waals surface area contributed by atoms with Crippen molar-refractivity contribution in [1.29, 1.82) is 0 Å². The van der Waals surface area contributed by atoms with E-state index in [1.165, 1.54) is 0 Å². The molecule has 0 spiro atoms. The zero-order valence-corrected chi connectivity index (χ0v) is 7.95. The van der Waals surface area contributed by atoms with Gasteiger partial charge in [0.05, 0.1) is 13.2 Å². The SMILES string of the molecule is C=C/C(=C\C)C(=O)N1CCOCC1. The standard InChI is InChI=1S/C10H15NO2/c1-3-9(4-2)10(12)11-5-7-13-8-6-11/h3-4H,1,5-8H2,2H3/b9-4+. The first-order valence-corrected chi connectivity index (χ1v) is 4.45. The lowest BCUT2D eigenvalue weighted by molar-refractivity contribution is -0.130. The van der Waals surface area contributed by atoms with Gasteiger partial charge in [-0.2, -0.15) is 0 Å². The van der Waals surface area contributed by atoms with Crippen LogP contribution in [0.1, 0.15) is 6.92 Å². The zero-order chi connectivity index (χ0) is 9.68. The van der Waals surface area contributed by atoms with Crippen LogP contribution in [0.15, 0.2) is 24.3 Å². The Morgan fingerprint density at radius 3 is 2.54 bits per heavy atom. The molecule has 0 aliphatic carbocycles. The van der Waals surface area contributed by atoms with E-state index >= 15 is 0 Å². The fourth-order valence-corrected chi connectivity index (χ4v) is 1.28. The first kappa shape index (κ1) is 9.99. The van der Waals surface area contributed by atoms with E-state index < -0.39 is 0 Å². The van der Waals surface area contributed by atoms with E-state index in [2.05, 4.69) is 6.58 Å². The lowest BCUT2D eigenvalue weighted by atomic mass is 10.2. The summed E-state index contributed by atoms with van der Waals surface area (Å²) in [6.45, 7) is 8.09. The van der Waals surface area contributed by atoms with Crippen LogP contribution in [-0.4, -0.2) is 37.1 Å². The summed E-state index contributed by atoms with van der Waals surface area (Å²) in [4.78, 5) is 13.5. The van der Waals surface area contributed by atoms with E-state index in [1.54, 1.807) is 17.1 Å². The van der Waals surface area contributed by atoms with Gasteiger partial charge < -0.3 is 9.64 Å². The van der Waals surface area contributed by atoms with Gasteiger partial charge >= 0.3 is 0 Å². The highest BCUT2D eigenvalue weighted by atomic mass is 16.5. The molecule has 0 unspecified atom stereocenters. The Kier molecular flexibility index (Phi) is 3.71. The van der Waals surface area contributed by atoms with Crippen molar-refractivity contribution in [2.24, 2.45) is 0 Å². The van der Waals surface area contributed by atoms with Crippen molar-refractivity contribution in [3.8, 4) is 0 Å². The number of rotatable bonds is 2. The predicted molar refractivity (Wildman–Crippen MR) is 51.4 cm³/mol. The number of carbonyl (C=O) groups excluding carboxylic acids is 1. The molecule has 1 rings (SSSR count). The number of nitrogens with zero attached hydrogens (tertiary/aromatic N) is 1. The fourth-order valence-electron chi connectivity index (χ4n) is 1.28. The summed E-state index contributed by atoms with van der Waals surface area (Å²) in [6.07, 6.45) is 3.38. The van der Waals surface area contributed by atoms with Crippen LogP contribution in [0, 0.1) is 0 Å². The molecule has 1 aliphatic heterocycles. The Bertz CT molecular complexity index is 227. The third kappa shape index (κ3) is 2.42. The molecule has 0 aromatic rings. The van der Waals surface area contributed by atoms with Crippen LogP contribution in [0.4, 0.5) is 0 Å². The third-order valence-corrected chi connectivity index (χ3v) is 2.08. The quantitative estimate of drug-likeness (QED) is 0.469. The van der Waals surface area contributed by atoms with Gasteiger partial charge in [-0.3, -0.25) is 4.79 Å². The summed E-state index contributed by atoms with van der Waals surface area (Å²) in [5, 5.41) is 0. The first-order chi connectivity index (χ1) is 6.29. The van der Waals surface area contributed by atoms with Gasteiger partial charge in [0.25, 0.3) is 5.91 Å². The molecule has 3 heteroatoms. The lowest BCUT2D eigenvalue weighted by Crippen LogP contribution is -2.41. The molecule has 0 radical (unpaired) electrons. The molecule has 3 nitrogen and oxygen atoms in total. The number of morpholine rings is 1. The number of ether oxygens (including phenoxy) is 1. The van der Waals surface area contributed by atoms with Crippen LogP contribution in [0.2, 0.25) is 0 Å². The minimum atomic E-state index is 0.0563. The summed E-state index contributed by atoms with van der Waals surface area (Å²) in [5.41, 5.74) is 0.668. The monoisotopic (exact) mass is 181 g/mol. The molecule has 72 valence electrons. The average Bonchev–Trinajstić information content (AvgIpc) is 2.21. The number of hydrogen-bond donors (Lipinski definition) is 0. The maximum absolute atomic E-state index is 11.7. The van der Waals surface area contributed by atoms with Crippen molar-refractivity contribution in [2.45, 2.75) is 6.92 Å². The van der Waals surface area contributed by atoms with Crippen LogP contribution in [0.5, 0.6) is 0 Å². The molecule has 1 heterocycles. The topological polar surface area (TPSA) is 29.5 Å². The van der Waals surface area contributed by atoms with Crippen LogP contribution in [0.3, 0.4) is 0 Å². The normalized spacial score (nSPS) is 18.5. The maximum Gasteiger partial charge on any atom is 0.253 e. The second-order valence-corrected chi connectivity index (χ2v) is 2.85. The molecule has 1 fully saturated rings. The average molecular weight is 181 g/mol. The van der Waals surface area contributed by atoms with Crippen molar-refractivity contribution in [2.75, 3.05) is 26.3 Å². The van der Waals surface area contributed by atoms with Crippen molar-refractivity contribution in [3.05, 3.63) is 24.3 Å². The molecular weight excluding hydrogens is 166 g/mol. The van der Waals surface area contributed by atoms with E-state index in [-0.39, 0.29) is 5.91 Å². The Morgan fingerprint density at radius 1 is 1.46 bits per heavy atom. The van der Waals surface area contributed by atoms with Gasteiger partial charge in [0.15, 0.2) is 0 Å². The second kappa shape index (κ2) is 4.82. The highest BCUT2D eigenvalue weighted by Crippen LogP contribution is 2.05. The Morgan fingerprint density at radius 2 is 2.08 bits per heavy atom. The summed E-state index contributed by atoms with van der Waals surface area (Å²) in [5.74, 6) is 0.0563. The summed E-state index contributed by atoms with van der Waals surface area (Å²) in [7, 11) is 0. The van der Waals surface area contributed by atoms with E-state index in [4.69, 9.17) is 4.74 Å². The van der Waals surface area contributed by atoms with Gasteiger partial charge in [0.2, 0.25) is 0 Å². The Hall–Kier alpha value is -1.09. The van der Waals surface area contributed by atoms with Crippen molar-refractivity contribution < 1.29 is 9.53 Å². The highest BCUT2D eigenvalue weighted by molar-refractivity contribution is 5.96. The van der Waals surface area contributed by atoms with Gasteiger partial charge in [-0.15, -0.1) is 0 Å². The second-order valence-electron chi connectivity index (χ2n) is 2.85. The smallest absolute Gasteiger partial charge is 0.253 e. The van der Waals surface area contributed by atoms with E-state index in [1.807, 2.05) is 6.92 Å². The van der Waals surface area contributed by atoms with Gasteiger partial charge in [-0.25, -0.2) is 0 Å². The predicted octanol–water partition coefficient (Wildman–Crippen LogP) is 0.977. The minimum absolute atomic E-state index is 0.0563. The van der Waals surface area contributed by atoms with Crippen molar-refractivity contribution in [1.82, 2.24) is 4.90 Å². The first-order valence-electron chi connectivity index (χ1n) is 4.45. The molecule has 0 atom stereocenters. The third-order valence-electron chi connectivity index (χ3n) is 2.08. The molecular formula is C10H15NO2. The molecule has 0 saturated carbocycles. The maximum atomic E-state index is 11.7. The van der Waals surface area contributed by atoms with Crippen LogP contribution in [-0.2, 0) is 9.53 Å². The van der Waals surface area contributed by atoms with E-state index in [9.17, 15) is 4.79 Å². The van der Waals surface area contributed by atoms with Crippen LogP contribution < -0.4 is 0 Å². The minimum Gasteiger partial charge on any atom is -0.378 e. The van der Waals surface area contributed by atoms with Gasteiger partial charge in [0.1, 0.15) is 0 Å². The van der Waals surface area contributed by atoms with Gasteiger partial charge in [-0.05, 0) is 6.92 Å². The fraction of sp³-hybridized carbons (Fsp3) is 0.500. The summed E-state index contributed by atoms with van der Waals surface area (Å²) in [6, 6.07) is 0. The number of hydrogen-bond acceptors (Lipinski definition) is 2. The molecule has 0 aromatic carbocycles. The lowest BCUT2D eigenvalue weighted by Gasteiger charge is -2.27. The van der Waals surface area contributed by atoms with Crippen LogP contribution in [0.25, 0.3) is 0 Å². The number of amides is 1. The van der Waals surface area contributed by atoms with Gasteiger partial charge in [0, 0.05) is 18.7 Å².